The molecular weight excluding hydrogens is 251 g/mol. The topological polar surface area (TPSA) is 46.0 Å². The van der Waals surface area contributed by atoms with Gasteiger partial charge >= 0.3 is 0 Å². The van der Waals surface area contributed by atoms with Crippen LogP contribution in [0, 0.1) is 10.6 Å². The first-order valence-corrected chi connectivity index (χ1v) is 6.13. The van der Waals surface area contributed by atoms with Crippen molar-refractivity contribution >= 4 is 18.4 Å². The van der Waals surface area contributed by atoms with Crippen molar-refractivity contribution in [1.82, 2.24) is 14.9 Å². The van der Waals surface area contributed by atoms with Crippen LogP contribution in [0.4, 0.5) is 4.39 Å². The molecule has 0 unspecified atom stereocenters. The van der Waals surface area contributed by atoms with E-state index >= 15 is 0 Å². The summed E-state index contributed by atoms with van der Waals surface area (Å²) in [6, 6.07) is 6.48. The SMILES string of the molecule is Fc1ccccc1/C=N\n1c(C2CC2)n[nH]c1=S. The molecule has 1 aliphatic rings. The quantitative estimate of drug-likeness (QED) is 0.683. The Labute approximate surface area is 108 Å². The van der Waals surface area contributed by atoms with Crippen LogP contribution in [0.5, 0.6) is 0 Å². The van der Waals surface area contributed by atoms with Crippen molar-refractivity contribution < 1.29 is 4.39 Å². The Bertz CT molecular complexity index is 654. The third kappa shape index (κ3) is 2.11. The normalized spacial score (nSPS) is 15.4. The van der Waals surface area contributed by atoms with Gasteiger partial charge in [0.05, 0.1) is 6.21 Å². The summed E-state index contributed by atoms with van der Waals surface area (Å²) in [5.41, 5.74) is 0.433. The predicted octanol–water partition coefficient (Wildman–Crippen LogP) is 2.84. The summed E-state index contributed by atoms with van der Waals surface area (Å²) < 4.78 is 15.4. The van der Waals surface area contributed by atoms with Gasteiger partial charge in [-0.25, -0.2) is 4.39 Å². The molecule has 1 N–H and O–H groups in total. The van der Waals surface area contributed by atoms with E-state index in [1.165, 1.54) is 12.3 Å². The minimum atomic E-state index is -0.302. The number of hydrogen-bond acceptors (Lipinski definition) is 3. The number of rotatable bonds is 3. The van der Waals surface area contributed by atoms with Gasteiger partial charge in [0, 0.05) is 11.5 Å². The molecule has 0 spiro atoms. The van der Waals surface area contributed by atoms with Crippen LogP contribution in [-0.2, 0) is 0 Å². The molecule has 0 saturated heterocycles. The van der Waals surface area contributed by atoms with Crippen molar-refractivity contribution in [2.75, 3.05) is 0 Å². The molecule has 18 heavy (non-hydrogen) atoms. The first-order valence-electron chi connectivity index (χ1n) is 5.72. The maximum absolute atomic E-state index is 13.4. The first kappa shape index (κ1) is 11.3. The average molecular weight is 262 g/mol. The van der Waals surface area contributed by atoms with Crippen molar-refractivity contribution in [2.45, 2.75) is 18.8 Å². The van der Waals surface area contributed by atoms with Crippen molar-refractivity contribution in [3.63, 3.8) is 0 Å². The highest BCUT2D eigenvalue weighted by molar-refractivity contribution is 7.71. The van der Waals surface area contributed by atoms with E-state index in [9.17, 15) is 4.39 Å². The molecule has 1 aromatic heterocycles. The lowest BCUT2D eigenvalue weighted by Gasteiger charge is -1.98. The number of halogens is 1. The molecule has 0 aliphatic heterocycles. The fourth-order valence-corrected chi connectivity index (χ4v) is 1.91. The zero-order valence-electron chi connectivity index (χ0n) is 9.51. The molecule has 2 aromatic rings. The van der Waals surface area contributed by atoms with E-state index in [-0.39, 0.29) is 5.82 Å². The van der Waals surface area contributed by atoms with Crippen LogP contribution in [0.25, 0.3) is 0 Å². The number of aromatic nitrogens is 3. The van der Waals surface area contributed by atoms with E-state index in [1.807, 2.05) is 0 Å². The molecule has 1 aliphatic carbocycles. The monoisotopic (exact) mass is 262 g/mol. The minimum absolute atomic E-state index is 0.302. The van der Waals surface area contributed by atoms with Crippen LogP contribution in [-0.4, -0.2) is 21.1 Å². The molecule has 0 atom stereocenters. The van der Waals surface area contributed by atoms with Gasteiger partial charge in [-0.2, -0.15) is 14.9 Å². The highest BCUT2D eigenvalue weighted by Gasteiger charge is 2.29. The molecule has 92 valence electrons. The summed E-state index contributed by atoms with van der Waals surface area (Å²) in [4.78, 5) is 0. The van der Waals surface area contributed by atoms with E-state index in [2.05, 4.69) is 15.3 Å². The molecular formula is C12H11FN4S. The van der Waals surface area contributed by atoms with Gasteiger partial charge in [0.1, 0.15) is 5.82 Å². The van der Waals surface area contributed by atoms with Crippen LogP contribution in [0.3, 0.4) is 0 Å². The minimum Gasteiger partial charge on any atom is -0.250 e. The summed E-state index contributed by atoms with van der Waals surface area (Å²) in [6.45, 7) is 0. The van der Waals surface area contributed by atoms with E-state index in [0.717, 1.165) is 18.7 Å². The molecule has 1 heterocycles. The molecule has 0 bridgehead atoms. The second-order valence-corrected chi connectivity index (χ2v) is 4.63. The lowest BCUT2D eigenvalue weighted by Crippen LogP contribution is -1.98. The average Bonchev–Trinajstić information content (AvgIpc) is 3.14. The molecule has 3 rings (SSSR count). The van der Waals surface area contributed by atoms with Gasteiger partial charge in [0.25, 0.3) is 0 Å². The largest absolute Gasteiger partial charge is 0.250 e. The van der Waals surface area contributed by atoms with Crippen molar-refractivity contribution in [3.8, 4) is 0 Å². The molecule has 0 radical (unpaired) electrons. The molecule has 1 aromatic carbocycles. The Hall–Kier alpha value is -1.82. The molecule has 6 heteroatoms. The second kappa shape index (κ2) is 4.45. The van der Waals surface area contributed by atoms with Gasteiger partial charge in [-0.3, -0.25) is 5.10 Å². The van der Waals surface area contributed by atoms with Crippen LogP contribution in [0.1, 0.15) is 30.1 Å². The zero-order chi connectivity index (χ0) is 12.5. The number of benzene rings is 1. The van der Waals surface area contributed by atoms with Gasteiger partial charge in [-0.15, -0.1) is 0 Å². The van der Waals surface area contributed by atoms with Crippen molar-refractivity contribution in [2.24, 2.45) is 5.10 Å². The number of hydrogen-bond donors (Lipinski definition) is 1. The van der Waals surface area contributed by atoms with Crippen LogP contribution < -0.4 is 0 Å². The Morgan fingerprint density at radius 1 is 1.44 bits per heavy atom. The van der Waals surface area contributed by atoms with Crippen LogP contribution in [0.2, 0.25) is 0 Å². The van der Waals surface area contributed by atoms with Gasteiger partial charge in [-0.05, 0) is 31.1 Å². The van der Waals surface area contributed by atoms with Crippen molar-refractivity contribution in [3.05, 3.63) is 46.2 Å². The van der Waals surface area contributed by atoms with Crippen LogP contribution in [0.15, 0.2) is 29.4 Å². The molecule has 0 amide bonds. The Morgan fingerprint density at radius 2 is 2.22 bits per heavy atom. The third-order valence-electron chi connectivity index (χ3n) is 2.84. The number of nitrogens with one attached hydrogen (secondary N) is 1. The first-order chi connectivity index (χ1) is 8.75. The predicted molar refractivity (Wildman–Crippen MR) is 68.8 cm³/mol. The van der Waals surface area contributed by atoms with Gasteiger partial charge in [0.15, 0.2) is 5.82 Å². The van der Waals surface area contributed by atoms with E-state index in [0.29, 0.717) is 16.3 Å². The van der Waals surface area contributed by atoms with Gasteiger partial charge < -0.3 is 0 Å². The van der Waals surface area contributed by atoms with Crippen LogP contribution >= 0.6 is 12.2 Å². The lowest BCUT2D eigenvalue weighted by atomic mass is 10.2. The standard InChI is InChI=1S/C12H11FN4S/c13-10-4-2-1-3-9(10)7-14-17-11(8-5-6-8)15-16-12(17)18/h1-4,7-8H,5-6H2,(H,16,18)/b14-7-. The highest BCUT2D eigenvalue weighted by Crippen LogP contribution is 2.38. The number of H-pyrrole nitrogens is 1. The smallest absolute Gasteiger partial charge is 0.216 e. The maximum atomic E-state index is 13.4. The second-order valence-electron chi connectivity index (χ2n) is 4.24. The lowest BCUT2D eigenvalue weighted by molar-refractivity contribution is 0.625. The Morgan fingerprint density at radius 3 is 2.94 bits per heavy atom. The summed E-state index contributed by atoms with van der Waals surface area (Å²) in [5, 5.41) is 11.1. The Kier molecular flexibility index (Phi) is 2.79. The summed E-state index contributed by atoms with van der Waals surface area (Å²) >= 11 is 5.11. The van der Waals surface area contributed by atoms with Crippen molar-refractivity contribution in [1.29, 1.82) is 0 Å². The van der Waals surface area contributed by atoms with E-state index in [4.69, 9.17) is 12.2 Å². The van der Waals surface area contributed by atoms with E-state index < -0.39 is 0 Å². The zero-order valence-corrected chi connectivity index (χ0v) is 10.3. The third-order valence-corrected chi connectivity index (χ3v) is 3.10. The fraction of sp³-hybridized carbons (Fsp3) is 0.250. The highest BCUT2D eigenvalue weighted by atomic mass is 32.1. The fourth-order valence-electron chi connectivity index (χ4n) is 1.72. The van der Waals surface area contributed by atoms with Gasteiger partial charge in [0.2, 0.25) is 4.77 Å². The Balaban J connectivity index is 1.95. The maximum Gasteiger partial charge on any atom is 0.216 e. The number of nitrogens with zero attached hydrogens (tertiary/aromatic N) is 3. The van der Waals surface area contributed by atoms with Gasteiger partial charge in [-0.1, -0.05) is 18.2 Å². The molecule has 4 nitrogen and oxygen atoms in total. The molecule has 1 fully saturated rings. The summed E-state index contributed by atoms with van der Waals surface area (Å²) in [5.74, 6) is 0.951. The summed E-state index contributed by atoms with van der Waals surface area (Å²) in [7, 11) is 0. The molecule has 1 saturated carbocycles. The number of aromatic amines is 1. The van der Waals surface area contributed by atoms with E-state index in [1.54, 1.807) is 22.9 Å². The summed E-state index contributed by atoms with van der Waals surface area (Å²) in [6.07, 6.45) is 3.68.